The van der Waals surface area contributed by atoms with E-state index in [1.165, 1.54) is 16.4 Å². The van der Waals surface area contributed by atoms with Crippen LogP contribution in [0.25, 0.3) is 0 Å². The summed E-state index contributed by atoms with van der Waals surface area (Å²) in [4.78, 5) is 14.9. The maximum Gasteiger partial charge on any atom is 0.264 e. The van der Waals surface area contributed by atoms with Crippen molar-refractivity contribution in [3.05, 3.63) is 89.4 Å². The van der Waals surface area contributed by atoms with Gasteiger partial charge in [0.25, 0.3) is 10.0 Å². The molecule has 0 saturated carbocycles. The van der Waals surface area contributed by atoms with E-state index < -0.39 is 16.1 Å². The molecule has 0 N–H and O–H groups in total. The lowest BCUT2D eigenvalue weighted by Gasteiger charge is -2.43. The van der Waals surface area contributed by atoms with Gasteiger partial charge in [-0.05, 0) is 67.8 Å². The molecule has 2 atom stereocenters. The number of hydrogen-bond acceptors (Lipinski definition) is 3. The highest BCUT2D eigenvalue weighted by molar-refractivity contribution is 7.92. The minimum Gasteiger partial charge on any atom is -0.309 e. The molecule has 1 aliphatic rings. The number of rotatable bonds is 6. The third kappa shape index (κ3) is 4.50. The third-order valence-electron chi connectivity index (χ3n) is 5.96. The number of amides is 1. The Hall–Kier alpha value is -2.83. The summed E-state index contributed by atoms with van der Waals surface area (Å²) in [5, 5.41) is 0.474. The van der Waals surface area contributed by atoms with Gasteiger partial charge < -0.3 is 4.90 Å². The van der Waals surface area contributed by atoms with Crippen LogP contribution in [0.1, 0.15) is 44.7 Å². The summed E-state index contributed by atoms with van der Waals surface area (Å²) in [6.45, 7) is 3.96. The lowest BCUT2D eigenvalue weighted by Crippen LogP contribution is -2.47. The van der Waals surface area contributed by atoms with Crippen LogP contribution in [-0.4, -0.2) is 20.4 Å². The van der Waals surface area contributed by atoms with Crippen molar-refractivity contribution in [1.82, 2.24) is 0 Å². The first-order chi connectivity index (χ1) is 15.8. The zero-order valence-corrected chi connectivity index (χ0v) is 20.3. The predicted octanol–water partition coefficient (Wildman–Crippen LogP) is 6.20. The van der Waals surface area contributed by atoms with Crippen molar-refractivity contribution >= 4 is 38.9 Å². The lowest BCUT2D eigenvalue weighted by molar-refractivity contribution is -0.119. The Morgan fingerprint density at radius 2 is 1.64 bits per heavy atom. The second kappa shape index (κ2) is 9.57. The van der Waals surface area contributed by atoms with Gasteiger partial charge >= 0.3 is 0 Å². The van der Waals surface area contributed by atoms with Gasteiger partial charge in [-0.15, -0.1) is 0 Å². The van der Waals surface area contributed by atoms with Gasteiger partial charge in [-0.25, -0.2) is 8.42 Å². The molecule has 0 saturated heterocycles. The topological polar surface area (TPSA) is 57.7 Å². The number of carbonyl (C=O) groups excluding carboxylic acids is 1. The van der Waals surface area contributed by atoms with E-state index >= 15 is 0 Å². The van der Waals surface area contributed by atoms with Crippen LogP contribution < -0.4 is 9.21 Å². The van der Waals surface area contributed by atoms with Crippen LogP contribution in [0.15, 0.2) is 83.8 Å². The van der Waals surface area contributed by atoms with Gasteiger partial charge in [0.05, 0.1) is 16.6 Å². The molecule has 0 fully saturated rings. The summed E-state index contributed by atoms with van der Waals surface area (Å²) in [6.07, 6.45) is 1.69. The molecule has 0 aromatic heterocycles. The minimum atomic E-state index is -3.91. The SMILES string of the molecule is CCCC(=O)N1c2ccccc2C(N(c2ccccc2)S(=O)(=O)c2ccc(Cl)cc2)CC1C. The highest BCUT2D eigenvalue weighted by Crippen LogP contribution is 2.44. The average molecular weight is 483 g/mol. The molecule has 1 amide bonds. The summed E-state index contributed by atoms with van der Waals surface area (Å²) in [7, 11) is -3.91. The van der Waals surface area contributed by atoms with Crippen molar-refractivity contribution in [1.29, 1.82) is 0 Å². The van der Waals surface area contributed by atoms with Gasteiger partial charge in [-0.3, -0.25) is 9.10 Å². The monoisotopic (exact) mass is 482 g/mol. The number of fused-ring (bicyclic) bond motifs is 1. The zero-order chi connectivity index (χ0) is 23.6. The fourth-order valence-corrected chi connectivity index (χ4v) is 6.27. The summed E-state index contributed by atoms with van der Waals surface area (Å²) >= 11 is 6.02. The first kappa shape index (κ1) is 23.3. The zero-order valence-electron chi connectivity index (χ0n) is 18.7. The van der Waals surface area contributed by atoms with Crippen molar-refractivity contribution in [2.45, 2.75) is 50.1 Å². The molecule has 0 aliphatic carbocycles. The maximum atomic E-state index is 14.0. The second-order valence-corrected chi connectivity index (χ2v) is 10.5. The Bertz CT molecular complexity index is 1230. The van der Waals surface area contributed by atoms with Crippen LogP contribution in [0.2, 0.25) is 5.02 Å². The van der Waals surface area contributed by atoms with E-state index in [1.54, 1.807) is 24.3 Å². The molecular weight excluding hydrogens is 456 g/mol. The number of para-hydroxylation sites is 2. The molecule has 3 aromatic carbocycles. The molecule has 1 heterocycles. The average Bonchev–Trinajstić information content (AvgIpc) is 2.80. The number of anilines is 2. The minimum absolute atomic E-state index is 0.0581. The van der Waals surface area contributed by atoms with Crippen LogP contribution in [0.3, 0.4) is 0 Å². The molecule has 33 heavy (non-hydrogen) atoms. The Labute approximate surface area is 200 Å². The maximum absolute atomic E-state index is 14.0. The molecular formula is C26H27ClN2O3S. The highest BCUT2D eigenvalue weighted by atomic mass is 35.5. The van der Waals surface area contributed by atoms with Crippen LogP contribution >= 0.6 is 11.6 Å². The number of carbonyl (C=O) groups is 1. The number of nitrogens with zero attached hydrogens (tertiary/aromatic N) is 2. The molecule has 3 aromatic rings. The van der Waals surface area contributed by atoms with Gasteiger partial charge in [0.15, 0.2) is 0 Å². The highest BCUT2D eigenvalue weighted by Gasteiger charge is 2.40. The first-order valence-electron chi connectivity index (χ1n) is 11.1. The van der Waals surface area contributed by atoms with Gasteiger partial charge in [0, 0.05) is 23.2 Å². The van der Waals surface area contributed by atoms with Gasteiger partial charge in [-0.2, -0.15) is 0 Å². The second-order valence-electron chi connectivity index (χ2n) is 8.26. The molecule has 5 nitrogen and oxygen atoms in total. The quantitative estimate of drug-likeness (QED) is 0.420. The number of halogens is 1. The van der Waals surface area contributed by atoms with Gasteiger partial charge in [-0.1, -0.05) is 54.9 Å². The van der Waals surface area contributed by atoms with Gasteiger partial charge in [0.2, 0.25) is 5.91 Å². The third-order valence-corrected chi connectivity index (χ3v) is 8.06. The molecule has 1 aliphatic heterocycles. The summed E-state index contributed by atoms with van der Waals surface area (Å²) < 4.78 is 29.5. The van der Waals surface area contributed by atoms with Crippen molar-refractivity contribution in [2.75, 3.05) is 9.21 Å². The molecule has 0 radical (unpaired) electrons. The normalized spacial score (nSPS) is 18.0. The Balaban J connectivity index is 1.88. The van der Waals surface area contributed by atoms with Crippen LogP contribution in [-0.2, 0) is 14.8 Å². The van der Waals surface area contributed by atoms with Crippen LogP contribution in [0.5, 0.6) is 0 Å². The Morgan fingerprint density at radius 1 is 1.00 bits per heavy atom. The Kier molecular flexibility index (Phi) is 6.77. The molecule has 172 valence electrons. The smallest absolute Gasteiger partial charge is 0.264 e. The van der Waals surface area contributed by atoms with Crippen LogP contribution in [0.4, 0.5) is 11.4 Å². The van der Waals surface area contributed by atoms with Crippen molar-refractivity contribution in [2.24, 2.45) is 0 Å². The van der Waals surface area contributed by atoms with E-state index in [-0.39, 0.29) is 16.8 Å². The largest absolute Gasteiger partial charge is 0.309 e. The number of hydrogen-bond donors (Lipinski definition) is 0. The summed E-state index contributed by atoms with van der Waals surface area (Å²) in [5.74, 6) is 0.0581. The molecule has 0 spiro atoms. The number of benzene rings is 3. The van der Waals surface area contributed by atoms with E-state index in [4.69, 9.17) is 11.6 Å². The molecule has 0 bridgehead atoms. The summed E-state index contributed by atoms with van der Waals surface area (Å²) in [5.41, 5.74) is 2.17. The van der Waals surface area contributed by atoms with Crippen molar-refractivity contribution in [3.8, 4) is 0 Å². The van der Waals surface area contributed by atoms with Crippen molar-refractivity contribution in [3.63, 3.8) is 0 Å². The van der Waals surface area contributed by atoms with E-state index in [1.807, 2.05) is 61.2 Å². The standard InChI is InChI=1S/C26H27ClN2O3S/c1-3-9-26(30)28-19(2)18-25(23-12-7-8-13-24(23)28)29(21-10-5-4-6-11-21)33(31,32)22-16-14-20(27)15-17-22/h4-8,10-17,19,25H,3,9,18H2,1-2H3. The van der Waals surface area contributed by atoms with E-state index in [2.05, 4.69) is 0 Å². The summed E-state index contributed by atoms with van der Waals surface area (Å²) in [6, 6.07) is 22.3. The Morgan fingerprint density at radius 3 is 2.30 bits per heavy atom. The molecule has 2 unspecified atom stereocenters. The number of sulfonamides is 1. The molecule has 7 heteroatoms. The predicted molar refractivity (Wildman–Crippen MR) is 133 cm³/mol. The van der Waals surface area contributed by atoms with E-state index in [0.29, 0.717) is 23.6 Å². The molecule has 4 rings (SSSR count). The lowest BCUT2D eigenvalue weighted by atomic mass is 9.91. The van der Waals surface area contributed by atoms with Crippen LogP contribution in [0, 0.1) is 0 Å². The first-order valence-corrected chi connectivity index (χ1v) is 12.9. The fraction of sp³-hybridized carbons (Fsp3) is 0.269. The van der Waals surface area contributed by atoms with Crippen molar-refractivity contribution < 1.29 is 13.2 Å². The van der Waals surface area contributed by atoms with Gasteiger partial charge in [0.1, 0.15) is 0 Å². The van der Waals surface area contributed by atoms with E-state index in [9.17, 15) is 13.2 Å². The van der Waals surface area contributed by atoms with E-state index in [0.717, 1.165) is 17.7 Å². The fourth-order valence-electron chi connectivity index (χ4n) is 4.50.